The number of carbonyl (C=O) groups excluding carboxylic acids is 1. The number of nitrogens with zero attached hydrogens (tertiary/aromatic N) is 1. The first-order chi connectivity index (χ1) is 9.06. The van der Waals surface area contributed by atoms with Gasteiger partial charge in [0.05, 0.1) is 6.54 Å². The minimum absolute atomic E-state index is 0.0826. The van der Waals surface area contributed by atoms with E-state index in [-0.39, 0.29) is 5.91 Å². The zero-order chi connectivity index (χ0) is 13.8. The first-order valence-corrected chi connectivity index (χ1v) is 7.65. The van der Waals surface area contributed by atoms with Gasteiger partial charge < -0.3 is 5.32 Å². The van der Waals surface area contributed by atoms with Gasteiger partial charge in [-0.2, -0.15) is 0 Å². The van der Waals surface area contributed by atoms with Gasteiger partial charge in [-0.3, -0.25) is 9.69 Å². The maximum Gasteiger partial charge on any atom is 0.238 e. The van der Waals surface area contributed by atoms with Crippen molar-refractivity contribution in [3.05, 3.63) is 28.2 Å². The van der Waals surface area contributed by atoms with E-state index in [9.17, 15) is 4.79 Å². The first-order valence-electron chi connectivity index (χ1n) is 6.86. The lowest BCUT2D eigenvalue weighted by Gasteiger charge is -2.32. The molecule has 1 atom stereocenters. The summed E-state index contributed by atoms with van der Waals surface area (Å²) in [4.78, 5) is 14.4. The van der Waals surface area contributed by atoms with Gasteiger partial charge in [0, 0.05) is 16.2 Å². The zero-order valence-corrected chi connectivity index (χ0v) is 13.2. The van der Waals surface area contributed by atoms with Crippen LogP contribution in [0.5, 0.6) is 0 Å². The molecule has 0 saturated carbocycles. The van der Waals surface area contributed by atoms with E-state index >= 15 is 0 Å². The number of hydrogen-bond acceptors (Lipinski definition) is 2. The predicted molar refractivity (Wildman–Crippen MR) is 82.4 cm³/mol. The van der Waals surface area contributed by atoms with E-state index in [1.807, 2.05) is 25.1 Å². The van der Waals surface area contributed by atoms with Crippen LogP contribution in [0.3, 0.4) is 0 Å². The molecule has 104 valence electrons. The van der Waals surface area contributed by atoms with Gasteiger partial charge in [-0.15, -0.1) is 0 Å². The Bertz CT molecular complexity index is 461. The third-order valence-electron chi connectivity index (χ3n) is 3.75. The van der Waals surface area contributed by atoms with Crippen molar-refractivity contribution < 1.29 is 4.79 Å². The van der Waals surface area contributed by atoms with Crippen LogP contribution in [0.25, 0.3) is 0 Å². The van der Waals surface area contributed by atoms with Crippen LogP contribution in [0, 0.1) is 6.92 Å². The fraction of sp³-hybridized carbons (Fsp3) is 0.533. The highest BCUT2D eigenvalue weighted by Crippen LogP contribution is 2.20. The average Bonchev–Trinajstić information content (AvgIpc) is 2.36. The number of piperidine rings is 1. The Morgan fingerprint density at radius 1 is 1.47 bits per heavy atom. The molecule has 0 spiro atoms. The molecule has 1 aromatic rings. The summed E-state index contributed by atoms with van der Waals surface area (Å²) < 4.78 is 1.03. The summed E-state index contributed by atoms with van der Waals surface area (Å²) in [5.41, 5.74) is 1.98. The smallest absolute Gasteiger partial charge is 0.238 e. The summed E-state index contributed by atoms with van der Waals surface area (Å²) in [6.07, 6.45) is 3.69. The van der Waals surface area contributed by atoms with Gasteiger partial charge in [0.1, 0.15) is 0 Å². The summed E-state index contributed by atoms with van der Waals surface area (Å²) in [5, 5.41) is 3.00. The number of amides is 1. The summed E-state index contributed by atoms with van der Waals surface area (Å²) in [7, 11) is 0. The molecule has 4 heteroatoms. The number of anilines is 1. The Morgan fingerprint density at radius 2 is 2.26 bits per heavy atom. The molecule has 1 aliphatic heterocycles. The SMILES string of the molecule is Cc1cc(Br)ccc1NC(=O)CN1CCCC[C@H]1C. The number of likely N-dealkylation sites (tertiary alicyclic amines) is 1. The third-order valence-corrected chi connectivity index (χ3v) is 4.24. The molecule has 0 aliphatic carbocycles. The minimum Gasteiger partial charge on any atom is -0.325 e. The summed E-state index contributed by atoms with van der Waals surface area (Å²) >= 11 is 3.43. The van der Waals surface area contributed by atoms with Crippen LogP contribution in [0.15, 0.2) is 22.7 Å². The number of aryl methyl sites for hydroxylation is 1. The van der Waals surface area contributed by atoms with Gasteiger partial charge in [0.15, 0.2) is 0 Å². The van der Waals surface area contributed by atoms with Crippen molar-refractivity contribution in [2.24, 2.45) is 0 Å². The second-order valence-corrected chi connectivity index (χ2v) is 6.24. The normalized spacial score (nSPS) is 20.3. The van der Waals surface area contributed by atoms with Crippen molar-refractivity contribution in [1.29, 1.82) is 0 Å². The average molecular weight is 325 g/mol. The van der Waals surface area contributed by atoms with Crippen LogP contribution in [-0.4, -0.2) is 29.9 Å². The van der Waals surface area contributed by atoms with Gasteiger partial charge in [0.2, 0.25) is 5.91 Å². The molecular formula is C15H21BrN2O. The van der Waals surface area contributed by atoms with Crippen LogP contribution in [0.1, 0.15) is 31.7 Å². The lowest BCUT2D eigenvalue weighted by atomic mass is 10.0. The lowest BCUT2D eigenvalue weighted by molar-refractivity contribution is -0.118. The molecule has 0 unspecified atom stereocenters. The topological polar surface area (TPSA) is 32.3 Å². The Hall–Kier alpha value is -0.870. The van der Waals surface area contributed by atoms with E-state index in [0.29, 0.717) is 12.6 Å². The quantitative estimate of drug-likeness (QED) is 0.921. The molecule has 1 amide bonds. The van der Waals surface area contributed by atoms with Gasteiger partial charge >= 0.3 is 0 Å². The number of benzene rings is 1. The van der Waals surface area contributed by atoms with Crippen molar-refractivity contribution >= 4 is 27.5 Å². The molecule has 0 radical (unpaired) electrons. The van der Waals surface area contributed by atoms with Crippen LogP contribution in [0.2, 0.25) is 0 Å². The van der Waals surface area contributed by atoms with E-state index < -0.39 is 0 Å². The monoisotopic (exact) mass is 324 g/mol. The molecular weight excluding hydrogens is 304 g/mol. The molecule has 0 aromatic heterocycles. The van der Waals surface area contributed by atoms with Crippen LogP contribution < -0.4 is 5.32 Å². The minimum atomic E-state index is 0.0826. The van der Waals surface area contributed by atoms with Crippen molar-refractivity contribution in [2.75, 3.05) is 18.4 Å². The molecule has 1 saturated heterocycles. The van der Waals surface area contributed by atoms with E-state index in [1.54, 1.807) is 0 Å². The molecule has 0 bridgehead atoms. The second-order valence-electron chi connectivity index (χ2n) is 5.32. The Morgan fingerprint density at radius 3 is 2.95 bits per heavy atom. The summed E-state index contributed by atoms with van der Waals surface area (Å²) in [5.74, 6) is 0.0826. The van der Waals surface area contributed by atoms with Crippen molar-refractivity contribution in [1.82, 2.24) is 4.90 Å². The van der Waals surface area contributed by atoms with E-state index in [2.05, 4.69) is 33.1 Å². The lowest BCUT2D eigenvalue weighted by Crippen LogP contribution is -2.42. The van der Waals surface area contributed by atoms with E-state index in [0.717, 1.165) is 22.3 Å². The number of carbonyl (C=O) groups is 1. The van der Waals surface area contributed by atoms with Gasteiger partial charge in [-0.05, 0) is 57.0 Å². The fourth-order valence-corrected chi connectivity index (χ4v) is 3.01. The van der Waals surface area contributed by atoms with Crippen molar-refractivity contribution in [3.63, 3.8) is 0 Å². The zero-order valence-electron chi connectivity index (χ0n) is 11.6. The standard InChI is InChI=1S/C15H21BrN2O/c1-11-9-13(16)6-7-14(11)17-15(19)10-18-8-4-3-5-12(18)2/h6-7,9,12H,3-5,8,10H2,1-2H3,(H,17,19)/t12-/m1/s1. The highest BCUT2D eigenvalue weighted by atomic mass is 79.9. The number of hydrogen-bond donors (Lipinski definition) is 1. The third kappa shape index (κ3) is 4.05. The second kappa shape index (κ2) is 6.53. The molecule has 1 aromatic carbocycles. The maximum atomic E-state index is 12.1. The van der Waals surface area contributed by atoms with Crippen LogP contribution >= 0.6 is 15.9 Å². The van der Waals surface area contributed by atoms with Gasteiger partial charge in [-0.25, -0.2) is 0 Å². The van der Waals surface area contributed by atoms with Crippen LogP contribution in [0.4, 0.5) is 5.69 Å². The van der Waals surface area contributed by atoms with Gasteiger partial charge in [-0.1, -0.05) is 22.4 Å². The molecule has 1 aliphatic rings. The van der Waals surface area contributed by atoms with E-state index in [1.165, 1.54) is 19.3 Å². The molecule has 1 heterocycles. The summed E-state index contributed by atoms with van der Waals surface area (Å²) in [6, 6.07) is 6.42. The Labute approximate surface area is 123 Å². The van der Waals surface area contributed by atoms with Crippen LogP contribution in [-0.2, 0) is 4.79 Å². The Kier molecular flexibility index (Phi) is 4.99. The molecule has 2 rings (SSSR count). The first kappa shape index (κ1) is 14.5. The fourth-order valence-electron chi connectivity index (χ4n) is 2.53. The number of nitrogens with one attached hydrogen (secondary N) is 1. The van der Waals surface area contributed by atoms with Crippen molar-refractivity contribution in [3.8, 4) is 0 Å². The maximum absolute atomic E-state index is 12.1. The number of rotatable bonds is 3. The Balaban J connectivity index is 1.93. The molecule has 3 nitrogen and oxygen atoms in total. The summed E-state index contributed by atoms with van der Waals surface area (Å²) in [6.45, 7) is 5.74. The highest BCUT2D eigenvalue weighted by Gasteiger charge is 2.20. The number of halogens is 1. The van der Waals surface area contributed by atoms with Crippen molar-refractivity contribution in [2.45, 2.75) is 39.2 Å². The van der Waals surface area contributed by atoms with Gasteiger partial charge in [0.25, 0.3) is 0 Å². The largest absolute Gasteiger partial charge is 0.325 e. The molecule has 1 fully saturated rings. The van der Waals surface area contributed by atoms with E-state index in [4.69, 9.17) is 0 Å². The molecule has 19 heavy (non-hydrogen) atoms. The predicted octanol–water partition coefficient (Wildman–Crippen LogP) is 3.57. The highest BCUT2D eigenvalue weighted by molar-refractivity contribution is 9.10. The molecule has 1 N–H and O–H groups in total.